The molecule has 0 saturated carbocycles. The topological polar surface area (TPSA) is 25.8 Å². The van der Waals surface area contributed by atoms with Gasteiger partial charge in [0, 0.05) is 35.3 Å². The lowest BCUT2D eigenvalue weighted by molar-refractivity contribution is 0.517. The maximum Gasteiger partial charge on any atom is 0.166 e. The van der Waals surface area contributed by atoms with E-state index in [1.54, 1.807) is 24.3 Å². The molecule has 1 aromatic heterocycles. The van der Waals surface area contributed by atoms with Crippen LogP contribution in [0.4, 0.5) is 8.78 Å². The van der Waals surface area contributed by atoms with E-state index in [1.165, 1.54) is 11.1 Å². The van der Waals surface area contributed by atoms with Crippen LogP contribution in [0.1, 0.15) is 41.4 Å². The van der Waals surface area contributed by atoms with Crippen molar-refractivity contribution in [3.8, 4) is 11.8 Å². The largest absolute Gasteiger partial charge is 0.241 e. The number of rotatable bonds is 5. The molecule has 4 aromatic rings. The summed E-state index contributed by atoms with van der Waals surface area (Å²) in [7, 11) is 0. The third kappa shape index (κ3) is 5.13. The standard InChI is InChI=1S/C27H22F2N2/c1-2-3-22-17-30-26(31-18-22)15-11-20-6-4-19(5-7-20)8-9-21-10-13-24-23(16-21)12-14-25(28)27(24)29/h4-7,10,12-14,16-18H,2-3,11,15H2,1H3. The molecule has 0 saturated heterocycles. The first-order valence-electron chi connectivity index (χ1n) is 10.4. The van der Waals surface area contributed by atoms with Gasteiger partial charge in [0.2, 0.25) is 0 Å². The molecule has 0 aliphatic carbocycles. The summed E-state index contributed by atoms with van der Waals surface area (Å²) in [5.41, 5.74) is 4.04. The number of nitrogens with zero attached hydrogens (tertiary/aromatic N) is 2. The van der Waals surface area contributed by atoms with Gasteiger partial charge < -0.3 is 0 Å². The van der Waals surface area contributed by atoms with Crippen molar-refractivity contribution in [3.63, 3.8) is 0 Å². The average molecular weight is 412 g/mol. The summed E-state index contributed by atoms with van der Waals surface area (Å²) < 4.78 is 27.2. The Bertz CT molecular complexity index is 1250. The number of hydrogen-bond donors (Lipinski definition) is 0. The van der Waals surface area contributed by atoms with Gasteiger partial charge in [-0.2, -0.15) is 0 Å². The van der Waals surface area contributed by atoms with Crippen LogP contribution in [-0.2, 0) is 19.3 Å². The van der Waals surface area contributed by atoms with Crippen molar-refractivity contribution in [2.45, 2.75) is 32.6 Å². The predicted octanol–water partition coefficient (Wildman–Crippen LogP) is 6.05. The Morgan fingerprint density at radius 1 is 0.742 bits per heavy atom. The van der Waals surface area contributed by atoms with Crippen LogP contribution in [0.5, 0.6) is 0 Å². The van der Waals surface area contributed by atoms with Crippen LogP contribution >= 0.6 is 0 Å². The third-order valence-corrected chi connectivity index (χ3v) is 5.15. The maximum atomic E-state index is 13.8. The van der Waals surface area contributed by atoms with Crippen molar-refractivity contribution in [1.82, 2.24) is 9.97 Å². The lowest BCUT2D eigenvalue weighted by Crippen LogP contribution is -1.99. The van der Waals surface area contributed by atoms with Crippen LogP contribution < -0.4 is 0 Å². The first-order valence-corrected chi connectivity index (χ1v) is 10.4. The Morgan fingerprint density at radius 2 is 1.45 bits per heavy atom. The molecule has 0 aliphatic rings. The summed E-state index contributed by atoms with van der Waals surface area (Å²) in [4.78, 5) is 8.89. The van der Waals surface area contributed by atoms with Gasteiger partial charge in [-0.05, 0) is 59.7 Å². The molecule has 4 rings (SSSR count). The van der Waals surface area contributed by atoms with Crippen LogP contribution in [0.2, 0.25) is 0 Å². The van der Waals surface area contributed by atoms with E-state index >= 15 is 0 Å². The SMILES string of the molecule is CCCc1cnc(CCc2ccc(C#Cc3ccc4c(F)c(F)ccc4c3)cc2)nc1. The summed E-state index contributed by atoms with van der Waals surface area (Å²) in [6, 6.07) is 15.9. The van der Waals surface area contributed by atoms with Crippen molar-refractivity contribution in [1.29, 1.82) is 0 Å². The fourth-order valence-corrected chi connectivity index (χ4v) is 3.43. The third-order valence-electron chi connectivity index (χ3n) is 5.15. The van der Waals surface area contributed by atoms with Gasteiger partial charge in [-0.1, -0.05) is 49.5 Å². The molecule has 31 heavy (non-hydrogen) atoms. The molecule has 4 heteroatoms. The zero-order valence-corrected chi connectivity index (χ0v) is 17.3. The first kappa shape index (κ1) is 20.7. The lowest BCUT2D eigenvalue weighted by atomic mass is 10.1. The minimum atomic E-state index is -0.841. The van der Waals surface area contributed by atoms with E-state index < -0.39 is 11.6 Å². The van der Waals surface area contributed by atoms with Crippen molar-refractivity contribution >= 4 is 10.8 Å². The molecule has 0 bridgehead atoms. The van der Waals surface area contributed by atoms with Gasteiger partial charge in [0.25, 0.3) is 0 Å². The summed E-state index contributed by atoms with van der Waals surface area (Å²) in [5, 5.41) is 0.893. The number of hydrogen-bond acceptors (Lipinski definition) is 2. The first-order chi connectivity index (χ1) is 15.1. The quantitative estimate of drug-likeness (QED) is 0.373. The van der Waals surface area contributed by atoms with Crippen LogP contribution in [0, 0.1) is 23.5 Å². The molecule has 1 heterocycles. The minimum Gasteiger partial charge on any atom is -0.241 e. The van der Waals surface area contributed by atoms with E-state index in [0.717, 1.165) is 48.7 Å². The highest BCUT2D eigenvalue weighted by Crippen LogP contribution is 2.21. The van der Waals surface area contributed by atoms with E-state index in [-0.39, 0.29) is 5.39 Å². The smallest absolute Gasteiger partial charge is 0.166 e. The van der Waals surface area contributed by atoms with Gasteiger partial charge >= 0.3 is 0 Å². The molecular formula is C27H22F2N2. The summed E-state index contributed by atoms with van der Waals surface area (Å²) >= 11 is 0. The van der Waals surface area contributed by atoms with Crippen LogP contribution in [0.25, 0.3) is 10.8 Å². The number of aromatic nitrogens is 2. The number of benzene rings is 3. The highest BCUT2D eigenvalue weighted by Gasteiger charge is 2.06. The Labute approximate surface area is 181 Å². The highest BCUT2D eigenvalue weighted by atomic mass is 19.2. The minimum absolute atomic E-state index is 0.263. The maximum absolute atomic E-state index is 13.8. The molecule has 3 aromatic carbocycles. The molecule has 0 N–H and O–H groups in total. The molecule has 0 fully saturated rings. The van der Waals surface area contributed by atoms with Gasteiger partial charge in [-0.15, -0.1) is 0 Å². The molecule has 0 aliphatic heterocycles. The Hall–Kier alpha value is -3.58. The van der Waals surface area contributed by atoms with Gasteiger partial charge in [0.15, 0.2) is 11.6 Å². The molecule has 0 amide bonds. The number of fused-ring (bicyclic) bond motifs is 1. The van der Waals surface area contributed by atoms with Crippen LogP contribution in [0.3, 0.4) is 0 Å². The van der Waals surface area contributed by atoms with Gasteiger partial charge in [-0.3, -0.25) is 0 Å². The molecule has 2 nitrogen and oxygen atoms in total. The van der Waals surface area contributed by atoms with Crippen molar-refractivity contribution in [2.24, 2.45) is 0 Å². The molecular weight excluding hydrogens is 390 g/mol. The van der Waals surface area contributed by atoms with E-state index in [9.17, 15) is 8.78 Å². The van der Waals surface area contributed by atoms with E-state index in [0.29, 0.717) is 5.39 Å². The number of aryl methyl sites for hydroxylation is 3. The van der Waals surface area contributed by atoms with Crippen molar-refractivity contribution < 1.29 is 8.78 Å². The summed E-state index contributed by atoms with van der Waals surface area (Å²) in [6.07, 6.45) is 7.61. The van der Waals surface area contributed by atoms with Gasteiger partial charge in [-0.25, -0.2) is 18.7 Å². The average Bonchev–Trinajstić information content (AvgIpc) is 2.80. The normalized spacial score (nSPS) is 10.7. The van der Waals surface area contributed by atoms with E-state index in [4.69, 9.17) is 0 Å². The molecule has 0 atom stereocenters. The van der Waals surface area contributed by atoms with Crippen molar-refractivity contribution in [2.75, 3.05) is 0 Å². The predicted molar refractivity (Wildman–Crippen MR) is 120 cm³/mol. The molecule has 154 valence electrons. The Morgan fingerprint density at radius 3 is 2.19 bits per heavy atom. The summed E-state index contributed by atoms with van der Waals surface area (Å²) in [6.45, 7) is 2.15. The fourth-order valence-electron chi connectivity index (χ4n) is 3.43. The second-order valence-corrected chi connectivity index (χ2v) is 7.50. The Kier molecular flexibility index (Phi) is 6.33. The second-order valence-electron chi connectivity index (χ2n) is 7.50. The Balaban J connectivity index is 1.40. The highest BCUT2D eigenvalue weighted by molar-refractivity contribution is 5.84. The summed E-state index contributed by atoms with van der Waals surface area (Å²) in [5.74, 6) is 5.41. The van der Waals surface area contributed by atoms with Gasteiger partial charge in [0.1, 0.15) is 5.82 Å². The zero-order chi connectivity index (χ0) is 21.6. The molecule has 0 spiro atoms. The second kappa shape index (κ2) is 9.49. The van der Waals surface area contributed by atoms with Crippen LogP contribution in [-0.4, -0.2) is 9.97 Å². The molecule has 0 unspecified atom stereocenters. The van der Waals surface area contributed by atoms with Gasteiger partial charge in [0.05, 0.1) is 0 Å². The lowest BCUT2D eigenvalue weighted by Gasteiger charge is -2.03. The monoisotopic (exact) mass is 412 g/mol. The zero-order valence-electron chi connectivity index (χ0n) is 17.3. The van der Waals surface area contributed by atoms with E-state index in [1.807, 2.05) is 24.5 Å². The van der Waals surface area contributed by atoms with E-state index in [2.05, 4.69) is 40.9 Å². The van der Waals surface area contributed by atoms with Crippen LogP contribution in [0.15, 0.2) is 67.0 Å². The van der Waals surface area contributed by atoms with Crippen molar-refractivity contribution in [3.05, 3.63) is 107 Å². The number of halogens is 2. The molecule has 0 radical (unpaired) electrons. The fraction of sp³-hybridized carbons (Fsp3) is 0.185.